The number of hydrogen-bond donors (Lipinski definition) is 0. The van der Waals surface area contributed by atoms with Crippen molar-refractivity contribution >= 4 is 11.8 Å². The summed E-state index contributed by atoms with van der Waals surface area (Å²) < 4.78 is 5.23. The van der Waals surface area contributed by atoms with Crippen LogP contribution in [-0.2, 0) is 14.3 Å². The van der Waals surface area contributed by atoms with Gasteiger partial charge in [0, 0.05) is 0 Å². The lowest BCUT2D eigenvalue weighted by Gasteiger charge is -2.23. The molecule has 15 heavy (non-hydrogen) atoms. The number of carbonyl (C=O) groups is 2. The van der Waals surface area contributed by atoms with Gasteiger partial charge in [0.05, 0.1) is 6.61 Å². The van der Waals surface area contributed by atoms with E-state index in [1.54, 1.807) is 0 Å². The molecule has 1 saturated carbocycles. The Kier molecular flexibility index (Phi) is 3.22. The first-order valence-electron chi connectivity index (χ1n) is 5.52. The molecule has 1 aliphatic carbocycles. The van der Waals surface area contributed by atoms with Crippen LogP contribution in [-0.4, -0.2) is 18.4 Å². The largest absolute Gasteiger partial charge is 0.464 e. The molecular weight excluding hydrogens is 192 g/mol. The van der Waals surface area contributed by atoms with Crippen LogP contribution in [0.2, 0.25) is 0 Å². The van der Waals surface area contributed by atoms with E-state index < -0.39 is 5.41 Å². The van der Waals surface area contributed by atoms with Crippen LogP contribution >= 0.6 is 0 Å². The van der Waals surface area contributed by atoms with Crippen molar-refractivity contribution in [1.82, 2.24) is 0 Å². The number of esters is 1. The van der Waals surface area contributed by atoms with Crippen LogP contribution in [0.3, 0.4) is 0 Å². The smallest absolute Gasteiger partial charge is 0.319 e. The predicted octanol–water partition coefficient (Wildman–Crippen LogP) is 2.33. The third-order valence-electron chi connectivity index (χ3n) is 3.37. The van der Waals surface area contributed by atoms with E-state index in [-0.39, 0.29) is 17.2 Å². The molecule has 3 heteroatoms. The summed E-state index contributed by atoms with van der Waals surface area (Å²) in [6.45, 7) is 8.03. The standard InChI is InChI=1S/C12H20O3/c1-5-11(3,4)8-15-10(14)12(6-7-12)9(2)13/h5-8H2,1-4H3. The zero-order valence-corrected chi connectivity index (χ0v) is 10.1. The second-order valence-electron chi connectivity index (χ2n) is 5.23. The summed E-state index contributed by atoms with van der Waals surface area (Å²) in [6.07, 6.45) is 2.27. The van der Waals surface area contributed by atoms with Gasteiger partial charge in [-0.15, -0.1) is 0 Å². The van der Waals surface area contributed by atoms with Gasteiger partial charge in [-0.3, -0.25) is 9.59 Å². The Morgan fingerprint density at radius 2 is 1.87 bits per heavy atom. The van der Waals surface area contributed by atoms with Crippen LogP contribution < -0.4 is 0 Å². The molecule has 0 N–H and O–H groups in total. The first kappa shape index (κ1) is 12.2. The molecule has 0 radical (unpaired) electrons. The number of Topliss-reactive ketones (excluding diaryl/α,β-unsaturated/α-hetero) is 1. The summed E-state index contributed by atoms with van der Waals surface area (Å²) in [4.78, 5) is 23.0. The lowest BCUT2D eigenvalue weighted by molar-refractivity contribution is -0.156. The summed E-state index contributed by atoms with van der Waals surface area (Å²) in [5.41, 5.74) is -0.771. The fourth-order valence-corrected chi connectivity index (χ4v) is 1.33. The van der Waals surface area contributed by atoms with Crippen LogP contribution in [0, 0.1) is 10.8 Å². The first-order valence-corrected chi connectivity index (χ1v) is 5.52. The van der Waals surface area contributed by atoms with E-state index in [1.807, 2.05) is 13.8 Å². The van der Waals surface area contributed by atoms with Crippen LogP contribution in [0.4, 0.5) is 0 Å². The Morgan fingerprint density at radius 3 is 2.20 bits per heavy atom. The average Bonchev–Trinajstić information content (AvgIpc) is 2.95. The minimum absolute atomic E-state index is 0.00251. The van der Waals surface area contributed by atoms with Gasteiger partial charge in [0.2, 0.25) is 0 Å². The van der Waals surface area contributed by atoms with Gasteiger partial charge >= 0.3 is 5.97 Å². The van der Waals surface area contributed by atoms with Crippen molar-refractivity contribution < 1.29 is 14.3 Å². The third-order valence-corrected chi connectivity index (χ3v) is 3.37. The molecule has 0 aromatic carbocycles. The van der Waals surface area contributed by atoms with Gasteiger partial charge in [-0.2, -0.15) is 0 Å². The zero-order chi connectivity index (χ0) is 11.7. The summed E-state index contributed by atoms with van der Waals surface area (Å²) >= 11 is 0. The maximum absolute atomic E-state index is 11.7. The summed E-state index contributed by atoms with van der Waals surface area (Å²) in [7, 11) is 0. The maximum Gasteiger partial charge on any atom is 0.319 e. The van der Waals surface area contributed by atoms with Gasteiger partial charge in [0.25, 0.3) is 0 Å². The van der Waals surface area contributed by atoms with Crippen molar-refractivity contribution in [1.29, 1.82) is 0 Å². The second-order valence-corrected chi connectivity index (χ2v) is 5.23. The fourth-order valence-electron chi connectivity index (χ4n) is 1.33. The van der Waals surface area contributed by atoms with Gasteiger partial charge in [0.1, 0.15) is 11.2 Å². The van der Waals surface area contributed by atoms with E-state index in [0.29, 0.717) is 19.4 Å². The zero-order valence-electron chi connectivity index (χ0n) is 10.1. The Balaban J connectivity index is 2.47. The number of rotatable bonds is 5. The molecule has 0 heterocycles. The highest BCUT2D eigenvalue weighted by atomic mass is 16.5. The fraction of sp³-hybridized carbons (Fsp3) is 0.833. The maximum atomic E-state index is 11.7. The van der Waals surface area contributed by atoms with E-state index in [0.717, 1.165) is 6.42 Å². The van der Waals surface area contributed by atoms with Crippen molar-refractivity contribution in [2.24, 2.45) is 10.8 Å². The van der Waals surface area contributed by atoms with Crippen molar-refractivity contribution in [2.75, 3.05) is 6.61 Å². The second kappa shape index (κ2) is 3.95. The quantitative estimate of drug-likeness (QED) is 0.519. The Bertz CT molecular complexity index is 275. The van der Waals surface area contributed by atoms with E-state index >= 15 is 0 Å². The first-order chi connectivity index (χ1) is 6.84. The van der Waals surface area contributed by atoms with Crippen LogP contribution in [0.15, 0.2) is 0 Å². The number of hydrogen-bond acceptors (Lipinski definition) is 3. The molecule has 1 rings (SSSR count). The van der Waals surface area contributed by atoms with Crippen LogP contribution in [0.1, 0.15) is 47.0 Å². The molecule has 1 aliphatic rings. The van der Waals surface area contributed by atoms with Crippen molar-refractivity contribution in [3.8, 4) is 0 Å². The molecule has 0 bridgehead atoms. The summed E-state index contributed by atoms with van der Waals surface area (Å²) in [5.74, 6) is -0.377. The minimum Gasteiger partial charge on any atom is -0.464 e. The van der Waals surface area contributed by atoms with Gasteiger partial charge < -0.3 is 4.74 Å². The molecule has 0 aromatic heterocycles. The van der Waals surface area contributed by atoms with Gasteiger partial charge in [-0.25, -0.2) is 0 Å². The van der Waals surface area contributed by atoms with Gasteiger partial charge in [0.15, 0.2) is 0 Å². The molecule has 0 saturated heterocycles. The average molecular weight is 212 g/mol. The Hall–Kier alpha value is -0.860. The van der Waals surface area contributed by atoms with E-state index in [1.165, 1.54) is 6.92 Å². The third kappa shape index (κ3) is 2.58. The van der Waals surface area contributed by atoms with E-state index in [4.69, 9.17) is 4.74 Å². The van der Waals surface area contributed by atoms with E-state index in [9.17, 15) is 9.59 Å². The highest BCUT2D eigenvalue weighted by molar-refractivity contribution is 6.05. The monoisotopic (exact) mass is 212 g/mol. The van der Waals surface area contributed by atoms with Crippen LogP contribution in [0.25, 0.3) is 0 Å². The summed E-state index contributed by atoms with van der Waals surface area (Å²) in [6, 6.07) is 0. The van der Waals surface area contributed by atoms with Gasteiger partial charge in [-0.1, -0.05) is 20.8 Å². The summed E-state index contributed by atoms with van der Waals surface area (Å²) in [5, 5.41) is 0. The SMILES string of the molecule is CCC(C)(C)COC(=O)C1(C(C)=O)CC1. The highest BCUT2D eigenvalue weighted by Gasteiger charge is 2.55. The molecule has 1 fully saturated rings. The van der Waals surface area contributed by atoms with E-state index in [2.05, 4.69) is 6.92 Å². The van der Waals surface area contributed by atoms with Crippen molar-refractivity contribution in [3.63, 3.8) is 0 Å². The minimum atomic E-state index is -0.774. The van der Waals surface area contributed by atoms with Crippen molar-refractivity contribution in [2.45, 2.75) is 47.0 Å². The molecule has 86 valence electrons. The predicted molar refractivity (Wildman–Crippen MR) is 57.4 cm³/mol. The molecular formula is C12H20O3. The van der Waals surface area contributed by atoms with Gasteiger partial charge in [-0.05, 0) is 31.6 Å². The Labute approximate surface area is 91.2 Å². The molecule has 0 aromatic rings. The lowest BCUT2D eigenvalue weighted by atomic mass is 9.91. The highest BCUT2D eigenvalue weighted by Crippen LogP contribution is 2.47. The normalized spacial score (nSPS) is 18.4. The number of ether oxygens (including phenoxy) is 1. The molecule has 0 aliphatic heterocycles. The number of ketones is 1. The Morgan fingerprint density at radius 1 is 1.33 bits per heavy atom. The number of carbonyl (C=O) groups excluding carboxylic acids is 2. The molecule has 0 atom stereocenters. The van der Waals surface area contributed by atoms with Crippen molar-refractivity contribution in [3.05, 3.63) is 0 Å². The van der Waals surface area contributed by atoms with Crippen LogP contribution in [0.5, 0.6) is 0 Å². The topological polar surface area (TPSA) is 43.4 Å². The molecule has 0 unspecified atom stereocenters. The molecule has 0 spiro atoms. The molecule has 3 nitrogen and oxygen atoms in total. The molecule has 0 amide bonds. The lowest BCUT2D eigenvalue weighted by Crippen LogP contribution is -2.29.